The molecule has 116 valence electrons. The van der Waals surface area contributed by atoms with Gasteiger partial charge in [-0.05, 0) is 44.9 Å². The Morgan fingerprint density at radius 1 is 1.45 bits per heavy atom. The van der Waals surface area contributed by atoms with Crippen molar-refractivity contribution in [3.63, 3.8) is 0 Å². The van der Waals surface area contributed by atoms with Crippen molar-refractivity contribution in [3.8, 4) is 10.7 Å². The second-order valence-electron chi connectivity index (χ2n) is 5.88. The maximum absolute atomic E-state index is 11.9. The molecule has 0 radical (unpaired) electrons. The molecular formula is C16H20N4OS. The Morgan fingerprint density at radius 3 is 3.05 bits per heavy atom. The largest absolute Gasteiger partial charge is 0.368 e. The first-order valence-electron chi connectivity index (χ1n) is 7.50. The molecule has 2 aromatic heterocycles. The number of aromatic nitrogens is 2. The van der Waals surface area contributed by atoms with Crippen molar-refractivity contribution in [3.05, 3.63) is 35.5 Å². The van der Waals surface area contributed by atoms with E-state index in [2.05, 4.69) is 14.9 Å². The number of rotatable bonds is 4. The van der Waals surface area contributed by atoms with Crippen LogP contribution in [0.15, 0.2) is 29.8 Å². The van der Waals surface area contributed by atoms with Crippen molar-refractivity contribution in [2.24, 2.45) is 5.73 Å². The zero-order valence-electron chi connectivity index (χ0n) is 12.7. The van der Waals surface area contributed by atoms with Gasteiger partial charge < -0.3 is 5.73 Å². The number of thiazole rings is 1. The molecule has 0 saturated carbocycles. The maximum atomic E-state index is 11.9. The van der Waals surface area contributed by atoms with Crippen molar-refractivity contribution in [1.82, 2.24) is 14.9 Å². The highest BCUT2D eigenvalue weighted by molar-refractivity contribution is 7.13. The third-order valence-electron chi connectivity index (χ3n) is 4.36. The summed E-state index contributed by atoms with van der Waals surface area (Å²) < 4.78 is 0. The zero-order chi connectivity index (χ0) is 15.6. The minimum absolute atomic E-state index is 0.243. The maximum Gasteiger partial charge on any atom is 0.237 e. The third-order valence-corrected chi connectivity index (χ3v) is 5.27. The fourth-order valence-corrected chi connectivity index (χ4v) is 3.68. The lowest BCUT2D eigenvalue weighted by Gasteiger charge is -2.42. The molecule has 1 atom stereocenters. The molecule has 0 bridgehead atoms. The highest BCUT2D eigenvalue weighted by Crippen LogP contribution is 2.30. The Hall–Kier alpha value is -1.79. The quantitative estimate of drug-likeness (QED) is 0.940. The molecule has 1 amide bonds. The first-order chi connectivity index (χ1) is 10.6. The summed E-state index contributed by atoms with van der Waals surface area (Å²) in [6.07, 6.45) is 4.73. The molecule has 1 fully saturated rings. The van der Waals surface area contributed by atoms with Gasteiger partial charge in [-0.25, -0.2) is 4.98 Å². The van der Waals surface area contributed by atoms with Crippen LogP contribution in [0.1, 0.15) is 31.9 Å². The number of nitrogens with zero attached hydrogens (tertiary/aromatic N) is 3. The molecule has 6 heteroatoms. The summed E-state index contributed by atoms with van der Waals surface area (Å²) in [5.41, 5.74) is 6.93. The van der Waals surface area contributed by atoms with Gasteiger partial charge in [0.1, 0.15) is 5.01 Å². The summed E-state index contributed by atoms with van der Waals surface area (Å²) in [6, 6.07) is 5.80. The van der Waals surface area contributed by atoms with E-state index in [4.69, 9.17) is 5.73 Å². The molecular weight excluding hydrogens is 296 g/mol. The fourth-order valence-electron chi connectivity index (χ4n) is 2.89. The molecule has 0 aliphatic carbocycles. The lowest BCUT2D eigenvalue weighted by Crippen LogP contribution is -2.57. The van der Waals surface area contributed by atoms with Crippen molar-refractivity contribution in [2.75, 3.05) is 6.54 Å². The standard InChI is InChI=1S/C16H20N4OS/c1-16(15(17)21)7-3-5-9-20(16)10-12-11-22-14(19-12)13-6-2-4-8-18-13/h2,4,6,8,11H,3,5,7,9-10H2,1H3,(H2,17,21). The van der Waals surface area contributed by atoms with E-state index < -0.39 is 5.54 Å². The number of hydrogen-bond donors (Lipinski definition) is 1. The van der Waals surface area contributed by atoms with E-state index in [0.29, 0.717) is 6.54 Å². The summed E-state index contributed by atoms with van der Waals surface area (Å²) in [5.74, 6) is -0.243. The highest BCUT2D eigenvalue weighted by Gasteiger charge is 2.39. The van der Waals surface area contributed by atoms with Crippen LogP contribution in [-0.4, -0.2) is 32.9 Å². The number of nitrogens with two attached hydrogens (primary N) is 1. The van der Waals surface area contributed by atoms with E-state index in [1.54, 1.807) is 17.5 Å². The van der Waals surface area contributed by atoms with Crippen LogP contribution in [0.3, 0.4) is 0 Å². The van der Waals surface area contributed by atoms with Gasteiger partial charge in [-0.15, -0.1) is 11.3 Å². The van der Waals surface area contributed by atoms with Crippen LogP contribution in [0.2, 0.25) is 0 Å². The number of carbonyl (C=O) groups is 1. The van der Waals surface area contributed by atoms with E-state index in [9.17, 15) is 4.79 Å². The molecule has 1 unspecified atom stereocenters. The smallest absolute Gasteiger partial charge is 0.237 e. The zero-order valence-corrected chi connectivity index (χ0v) is 13.5. The molecule has 1 aliphatic rings. The van der Waals surface area contributed by atoms with Gasteiger partial charge in [-0.3, -0.25) is 14.7 Å². The van der Waals surface area contributed by atoms with Crippen molar-refractivity contribution >= 4 is 17.2 Å². The summed E-state index contributed by atoms with van der Waals surface area (Å²) in [4.78, 5) is 23.0. The van der Waals surface area contributed by atoms with E-state index in [-0.39, 0.29) is 5.91 Å². The van der Waals surface area contributed by atoms with Gasteiger partial charge in [0.05, 0.1) is 16.9 Å². The summed E-state index contributed by atoms with van der Waals surface area (Å²) in [7, 11) is 0. The number of pyridine rings is 1. The van der Waals surface area contributed by atoms with Gasteiger partial charge in [0.15, 0.2) is 0 Å². The van der Waals surface area contributed by atoms with Gasteiger partial charge in [0, 0.05) is 18.1 Å². The second kappa shape index (κ2) is 6.14. The summed E-state index contributed by atoms with van der Waals surface area (Å²) in [6.45, 7) is 3.49. The van der Waals surface area contributed by atoms with E-state index in [1.807, 2.05) is 30.5 Å². The van der Waals surface area contributed by atoms with Gasteiger partial charge in [0.25, 0.3) is 0 Å². The average molecular weight is 316 g/mol. The lowest BCUT2D eigenvalue weighted by atomic mass is 9.87. The number of amides is 1. The van der Waals surface area contributed by atoms with E-state index in [1.165, 1.54) is 0 Å². The van der Waals surface area contributed by atoms with Crippen LogP contribution in [0.25, 0.3) is 10.7 Å². The van der Waals surface area contributed by atoms with Crippen molar-refractivity contribution in [2.45, 2.75) is 38.3 Å². The van der Waals surface area contributed by atoms with Crippen molar-refractivity contribution in [1.29, 1.82) is 0 Å². The van der Waals surface area contributed by atoms with Crippen LogP contribution in [0, 0.1) is 0 Å². The molecule has 5 nitrogen and oxygen atoms in total. The number of piperidine rings is 1. The van der Waals surface area contributed by atoms with Gasteiger partial charge >= 0.3 is 0 Å². The van der Waals surface area contributed by atoms with Gasteiger partial charge in [-0.1, -0.05) is 6.07 Å². The van der Waals surface area contributed by atoms with Crippen LogP contribution >= 0.6 is 11.3 Å². The number of carbonyl (C=O) groups excluding carboxylic acids is 1. The first-order valence-corrected chi connectivity index (χ1v) is 8.38. The Balaban J connectivity index is 1.78. The molecule has 2 N–H and O–H groups in total. The molecule has 3 rings (SSSR count). The van der Waals surface area contributed by atoms with E-state index >= 15 is 0 Å². The minimum Gasteiger partial charge on any atom is -0.368 e. The fraction of sp³-hybridized carbons (Fsp3) is 0.438. The van der Waals surface area contributed by atoms with Crippen LogP contribution in [0.4, 0.5) is 0 Å². The average Bonchev–Trinajstić information content (AvgIpc) is 2.99. The molecule has 22 heavy (non-hydrogen) atoms. The number of hydrogen-bond acceptors (Lipinski definition) is 5. The molecule has 2 aromatic rings. The predicted octanol–water partition coefficient (Wildman–Crippen LogP) is 2.43. The van der Waals surface area contributed by atoms with Gasteiger partial charge in [0.2, 0.25) is 5.91 Å². The third kappa shape index (κ3) is 2.89. The lowest BCUT2D eigenvalue weighted by molar-refractivity contribution is -0.132. The van der Waals surface area contributed by atoms with Crippen LogP contribution in [0.5, 0.6) is 0 Å². The predicted molar refractivity (Wildman–Crippen MR) is 87.2 cm³/mol. The van der Waals surface area contributed by atoms with Crippen LogP contribution in [-0.2, 0) is 11.3 Å². The minimum atomic E-state index is -0.562. The molecule has 1 aliphatic heterocycles. The normalized spacial score (nSPS) is 22.6. The highest BCUT2D eigenvalue weighted by atomic mass is 32.1. The molecule has 0 aromatic carbocycles. The van der Waals surface area contributed by atoms with Gasteiger partial charge in [-0.2, -0.15) is 0 Å². The summed E-state index contributed by atoms with van der Waals surface area (Å²) >= 11 is 1.58. The molecule has 0 spiro atoms. The Labute approximate surface area is 134 Å². The van der Waals surface area contributed by atoms with E-state index in [0.717, 1.165) is 42.2 Å². The van der Waals surface area contributed by atoms with Crippen molar-refractivity contribution < 1.29 is 4.79 Å². The molecule has 3 heterocycles. The number of primary amides is 1. The SMILES string of the molecule is CC1(C(N)=O)CCCCN1Cc1csc(-c2ccccn2)n1. The summed E-state index contributed by atoms with van der Waals surface area (Å²) in [5, 5.41) is 2.95. The Bertz CT molecular complexity index is 657. The topological polar surface area (TPSA) is 72.1 Å². The Kier molecular flexibility index (Phi) is 4.22. The Morgan fingerprint density at radius 2 is 2.32 bits per heavy atom. The number of likely N-dealkylation sites (tertiary alicyclic amines) is 1. The first kappa shape index (κ1) is 15.1. The molecule has 1 saturated heterocycles. The second-order valence-corrected chi connectivity index (χ2v) is 6.73. The monoisotopic (exact) mass is 316 g/mol. The van der Waals surface area contributed by atoms with Crippen LogP contribution < -0.4 is 5.73 Å².